The van der Waals surface area contributed by atoms with Crippen LogP contribution in [0.5, 0.6) is 0 Å². The van der Waals surface area contributed by atoms with E-state index in [1.54, 1.807) is 0 Å². The first-order chi connectivity index (χ1) is 6.97. The van der Waals surface area contributed by atoms with Crippen LogP contribution in [0.25, 0.3) is 0 Å². The lowest BCUT2D eigenvalue weighted by atomic mass is 10.0. The third-order valence-electron chi connectivity index (χ3n) is 2.54. The van der Waals surface area contributed by atoms with Crippen molar-refractivity contribution in [3.05, 3.63) is 12.2 Å². The third-order valence-corrected chi connectivity index (χ3v) is 2.54. The molecule has 0 N–H and O–H groups in total. The van der Waals surface area contributed by atoms with Gasteiger partial charge in [-0.15, -0.1) is 6.58 Å². The first-order valence-electron chi connectivity index (χ1n) is 5.82. The van der Waals surface area contributed by atoms with Gasteiger partial charge < -0.3 is 4.74 Å². The van der Waals surface area contributed by atoms with Crippen molar-refractivity contribution in [2.45, 2.75) is 59.5 Å². The van der Waals surface area contributed by atoms with E-state index in [1.807, 2.05) is 27.7 Å². The predicted octanol–water partition coefficient (Wildman–Crippen LogP) is 3.71. The van der Waals surface area contributed by atoms with Gasteiger partial charge in [0.25, 0.3) is 0 Å². The smallest absolute Gasteiger partial charge is 0.308 e. The molecule has 0 heterocycles. The van der Waals surface area contributed by atoms with Crippen molar-refractivity contribution in [2.75, 3.05) is 0 Å². The minimum atomic E-state index is -0.0638. The van der Waals surface area contributed by atoms with Gasteiger partial charge in [-0.25, -0.2) is 0 Å². The highest BCUT2D eigenvalue weighted by Gasteiger charge is 2.15. The van der Waals surface area contributed by atoms with Crippen molar-refractivity contribution in [3.8, 4) is 0 Å². The molecule has 0 aromatic carbocycles. The Bertz CT molecular complexity index is 209. The molecule has 0 rings (SSSR count). The van der Waals surface area contributed by atoms with E-state index in [1.165, 1.54) is 5.57 Å². The largest absolute Gasteiger partial charge is 0.462 e. The molecule has 0 aliphatic rings. The first kappa shape index (κ1) is 14.2. The van der Waals surface area contributed by atoms with Gasteiger partial charge in [-0.3, -0.25) is 4.79 Å². The van der Waals surface area contributed by atoms with Crippen molar-refractivity contribution >= 4 is 5.97 Å². The van der Waals surface area contributed by atoms with Gasteiger partial charge in [-0.1, -0.05) is 19.4 Å². The second-order valence-corrected chi connectivity index (χ2v) is 4.41. The molecule has 0 saturated carbocycles. The zero-order chi connectivity index (χ0) is 11.8. The summed E-state index contributed by atoms with van der Waals surface area (Å²) in [5, 5.41) is 0. The SMILES string of the molecule is C=C(C)CCCC(C)C(=O)OC(C)CC. The Labute approximate surface area is 93.7 Å². The third kappa shape index (κ3) is 7.18. The van der Waals surface area contributed by atoms with E-state index in [0.717, 1.165) is 25.7 Å². The maximum absolute atomic E-state index is 11.5. The number of carbonyl (C=O) groups excluding carboxylic acids is 1. The summed E-state index contributed by atoms with van der Waals surface area (Å²) in [7, 11) is 0. The fourth-order valence-corrected chi connectivity index (χ4v) is 1.23. The lowest BCUT2D eigenvalue weighted by Gasteiger charge is -2.15. The van der Waals surface area contributed by atoms with Gasteiger partial charge in [0.15, 0.2) is 0 Å². The van der Waals surface area contributed by atoms with Crippen LogP contribution < -0.4 is 0 Å². The number of hydrogen-bond acceptors (Lipinski definition) is 2. The highest BCUT2D eigenvalue weighted by molar-refractivity contribution is 5.72. The minimum Gasteiger partial charge on any atom is -0.462 e. The number of carbonyl (C=O) groups is 1. The van der Waals surface area contributed by atoms with Crippen LogP contribution in [0.3, 0.4) is 0 Å². The Kier molecular flexibility index (Phi) is 7.10. The molecule has 0 bridgehead atoms. The molecule has 0 fully saturated rings. The van der Waals surface area contributed by atoms with Gasteiger partial charge in [0, 0.05) is 0 Å². The monoisotopic (exact) mass is 212 g/mol. The van der Waals surface area contributed by atoms with Crippen molar-refractivity contribution in [3.63, 3.8) is 0 Å². The fourth-order valence-electron chi connectivity index (χ4n) is 1.23. The number of allylic oxidation sites excluding steroid dienone is 1. The van der Waals surface area contributed by atoms with E-state index in [-0.39, 0.29) is 18.0 Å². The molecule has 0 aliphatic carbocycles. The highest BCUT2D eigenvalue weighted by Crippen LogP contribution is 2.13. The summed E-state index contributed by atoms with van der Waals surface area (Å²) in [5.74, 6) is -0.0515. The molecular formula is C13H24O2. The summed E-state index contributed by atoms with van der Waals surface area (Å²) in [6, 6.07) is 0. The molecule has 0 amide bonds. The Morgan fingerprint density at radius 2 is 2.00 bits per heavy atom. The maximum atomic E-state index is 11.5. The maximum Gasteiger partial charge on any atom is 0.308 e. The standard InChI is InChI=1S/C13H24O2/c1-6-12(5)15-13(14)11(4)9-7-8-10(2)3/h11-12H,2,6-9H2,1,3-5H3. The van der Waals surface area contributed by atoms with E-state index in [9.17, 15) is 4.79 Å². The number of esters is 1. The molecule has 2 unspecified atom stereocenters. The van der Waals surface area contributed by atoms with E-state index in [4.69, 9.17) is 4.74 Å². The summed E-state index contributed by atoms with van der Waals surface area (Å²) in [5.41, 5.74) is 1.18. The quantitative estimate of drug-likeness (QED) is 0.475. The number of hydrogen-bond donors (Lipinski definition) is 0. The predicted molar refractivity (Wildman–Crippen MR) is 63.7 cm³/mol. The molecule has 2 heteroatoms. The molecule has 88 valence electrons. The van der Waals surface area contributed by atoms with Crippen LogP contribution in [-0.2, 0) is 9.53 Å². The average Bonchev–Trinajstić information content (AvgIpc) is 2.16. The minimum absolute atomic E-state index is 0.0124. The molecule has 2 nitrogen and oxygen atoms in total. The van der Waals surface area contributed by atoms with E-state index >= 15 is 0 Å². The Hall–Kier alpha value is -0.790. The lowest BCUT2D eigenvalue weighted by molar-refractivity contribution is -0.153. The molecule has 15 heavy (non-hydrogen) atoms. The summed E-state index contributed by atoms with van der Waals surface area (Å²) in [6.45, 7) is 11.7. The Morgan fingerprint density at radius 1 is 1.40 bits per heavy atom. The fraction of sp³-hybridized carbons (Fsp3) is 0.769. The lowest BCUT2D eigenvalue weighted by Crippen LogP contribution is -2.20. The average molecular weight is 212 g/mol. The zero-order valence-electron chi connectivity index (χ0n) is 10.5. The molecule has 0 spiro atoms. The molecule has 0 aromatic rings. The van der Waals surface area contributed by atoms with Crippen LogP contribution in [0.15, 0.2) is 12.2 Å². The highest BCUT2D eigenvalue weighted by atomic mass is 16.5. The van der Waals surface area contributed by atoms with Crippen molar-refractivity contribution < 1.29 is 9.53 Å². The second-order valence-electron chi connectivity index (χ2n) is 4.41. The summed E-state index contributed by atoms with van der Waals surface area (Å²) >= 11 is 0. The molecule has 0 saturated heterocycles. The van der Waals surface area contributed by atoms with Gasteiger partial charge in [0.05, 0.1) is 12.0 Å². The van der Waals surface area contributed by atoms with Gasteiger partial charge >= 0.3 is 5.97 Å². The van der Waals surface area contributed by atoms with Crippen LogP contribution in [0.4, 0.5) is 0 Å². The van der Waals surface area contributed by atoms with Crippen LogP contribution in [-0.4, -0.2) is 12.1 Å². The molecule has 2 atom stereocenters. The van der Waals surface area contributed by atoms with E-state index in [2.05, 4.69) is 6.58 Å². The van der Waals surface area contributed by atoms with Gasteiger partial charge in [0.1, 0.15) is 0 Å². The Balaban J connectivity index is 3.74. The van der Waals surface area contributed by atoms with Gasteiger partial charge in [0.2, 0.25) is 0 Å². The summed E-state index contributed by atoms with van der Waals surface area (Å²) in [4.78, 5) is 11.5. The molecule has 0 aromatic heterocycles. The van der Waals surface area contributed by atoms with E-state index in [0.29, 0.717) is 0 Å². The van der Waals surface area contributed by atoms with Crippen molar-refractivity contribution in [1.29, 1.82) is 0 Å². The Morgan fingerprint density at radius 3 is 2.47 bits per heavy atom. The van der Waals surface area contributed by atoms with E-state index < -0.39 is 0 Å². The zero-order valence-corrected chi connectivity index (χ0v) is 10.5. The molecule has 0 aliphatic heterocycles. The topological polar surface area (TPSA) is 26.3 Å². The summed E-state index contributed by atoms with van der Waals surface area (Å²) in [6.07, 6.45) is 3.83. The van der Waals surface area contributed by atoms with Crippen LogP contribution in [0, 0.1) is 5.92 Å². The normalized spacial score (nSPS) is 14.4. The van der Waals surface area contributed by atoms with Gasteiger partial charge in [-0.2, -0.15) is 0 Å². The first-order valence-corrected chi connectivity index (χ1v) is 5.82. The van der Waals surface area contributed by atoms with Gasteiger partial charge in [-0.05, 0) is 39.5 Å². The van der Waals surface area contributed by atoms with Crippen LogP contribution >= 0.6 is 0 Å². The summed E-state index contributed by atoms with van der Waals surface area (Å²) < 4.78 is 5.26. The van der Waals surface area contributed by atoms with Crippen molar-refractivity contribution in [1.82, 2.24) is 0 Å². The number of ether oxygens (including phenoxy) is 1. The van der Waals surface area contributed by atoms with Crippen LogP contribution in [0.1, 0.15) is 53.4 Å². The van der Waals surface area contributed by atoms with Crippen molar-refractivity contribution in [2.24, 2.45) is 5.92 Å². The second kappa shape index (κ2) is 7.49. The molecular weight excluding hydrogens is 188 g/mol. The number of rotatable bonds is 7. The van der Waals surface area contributed by atoms with Crippen LogP contribution in [0.2, 0.25) is 0 Å². The molecule has 0 radical (unpaired) electrons.